The minimum atomic E-state index is -0.299. The van der Waals surface area contributed by atoms with Crippen LogP contribution in [0.2, 0.25) is 0 Å². The van der Waals surface area contributed by atoms with Gasteiger partial charge >= 0.3 is 0 Å². The Bertz CT molecular complexity index is 1430. The Balaban J connectivity index is 0.925. The summed E-state index contributed by atoms with van der Waals surface area (Å²) in [4.78, 5) is 22.0. The normalized spacial score (nSPS) is 16.5. The predicted octanol–water partition coefficient (Wildman–Crippen LogP) is 4.96. The summed E-state index contributed by atoms with van der Waals surface area (Å²) in [5, 5.41) is 7.15. The molecular formula is C32H34FN5O2. The zero-order valence-corrected chi connectivity index (χ0v) is 22.6. The molecule has 6 rings (SSSR count). The highest BCUT2D eigenvalue weighted by atomic mass is 19.1. The monoisotopic (exact) mass is 539 g/mol. The second-order valence-corrected chi connectivity index (χ2v) is 10.8. The van der Waals surface area contributed by atoms with Crippen LogP contribution in [0.1, 0.15) is 41.0 Å². The van der Waals surface area contributed by atoms with Gasteiger partial charge in [0, 0.05) is 37.7 Å². The SMILES string of the molecule is O=C(NCc1ccc(CN2CCc3ccccc3C2)cc1)C1CCN(Cc2nc(-c3ccc(F)cc3)no2)CC1. The van der Waals surface area contributed by atoms with Crippen molar-refractivity contribution in [1.82, 2.24) is 25.3 Å². The maximum Gasteiger partial charge on any atom is 0.241 e. The molecule has 0 atom stereocenters. The van der Waals surface area contributed by atoms with Crippen LogP contribution in [-0.2, 0) is 37.4 Å². The molecule has 40 heavy (non-hydrogen) atoms. The summed E-state index contributed by atoms with van der Waals surface area (Å²) in [6.45, 7) is 5.70. The summed E-state index contributed by atoms with van der Waals surface area (Å²) in [5.41, 5.74) is 6.04. The van der Waals surface area contributed by atoms with Crippen molar-refractivity contribution in [1.29, 1.82) is 0 Å². The minimum absolute atomic E-state index is 0.00923. The number of carbonyl (C=O) groups is 1. The molecule has 2 aliphatic heterocycles. The Morgan fingerprint density at radius 2 is 1.60 bits per heavy atom. The van der Waals surface area contributed by atoms with Gasteiger partial charge in [-0.3, -0.25) is 14.6 Å². The van der Waals surface area contributed by atoms with E-state index in [1.807, 2.05) is 0 Å². The van der Waals surface area contributed by atoms with Gasteiger partial charge in [0.15, 0.2) is 0 Å². The van der Waals surface area contributed by atoms with Gasteiger partial charge in [-0.2, -0.15) is 4.98 Å². The van der Waals surface area contributed by atoms with Crippen molar-refractivity contribution in [3.63, 3.8) is 0 Å². The summed E-state index contributed by atoms with van der Waals surface area (Å²) < 4.78 is 18.6. The van der Waals surface area contributed by atoms with Crippen LogP contribution in [0.15, 0.2) is 77.3 Å². The average Bonchev–Trinajstić information content (AvgIpc) is 3.46. The third kappa shape index (κ3) is 6.46. The third-order valence-electron chi connectivity index (χ3n) is 7.99. The molecule has 0 bridgehead atoms. The first-order chi connectivity index (χ1) is 19.6. The van der Waals surface area contributed by atoms with Crippen molar-refractivity contribution in [2.24, 2.45) is 5.92 Å². The van der Waals surface area contributed by atoms with Gasteiger partial charge in [0.2, 0.25) is 17.6 Å². The Labute approximate surface area is 234 Å². The molecule has 0 aliphatic carbocycles. The Morgan fingerprint density at radius 1 is 0.875 bits per heavy atom. The molecule has 2 aliphatic rings. The average molecular weight is 540 g/mol. The van der Waals surface area contributed by atoms with Crippen molar-refractivity contribution < 1.29 is 13.7 Å². The van der Waals surface area contributed by atoms with E-state index in [0.29, 0.717) is 24.8 Å². The summed E-state index contributed by atoms with van der Waals surface area (Å²) in [5.74, 6) is 0.806. The molecule has 1 fully saturated rings. The molecule has 1 aromatic heterocycles. The number of fused-ring (bicyclic) bond motifs is 1. The standard InChI is InChI=1S/C32H34FN5O2/c33-29-11-9-26(10-12-29)31-35-30(40-36-31)22-37-16-14-27(15-17-37)32(39)34-19-23-5-7-24(8-6-23)20-38-18-13-25-3-1-2-4-28(25)21-38/h1-12,27H,13-22H2,(H,34,39). The lowest BCUT2D eigenvalue weighted by Crippen LogP contribution is -2.40. The number of aromatic nitrogens is 2. The maximum absolute atomic E-state index is 13.2. The van der Waals surface area contributed by atoms with Gasteiger partial charge < -0.3 is 9.84 Å². The van der Waals surface area contributed by atoms with E-state index in [4.69, 9.17) is 4.52 Å². The predicted molar refractivity (Wildman–Crippen MR) is 150 cm³/mol. The molecule has 0 saturated carbocycles. The molecular weight excluding hydrogens is 505 g/mol. The van der Waals surface area contributed by atoms with Gasteiger partial charge in [0.05, 0.1) is 6.54 Å². The number of nitrogens with zero attached hydrogens (tertiary/aromatic N) is 4. The molecule has 3 heterocycles. The van der Waals surface area contributed by atoms with Gasteiger partial charge in [-0.25, -0.2) is 4.39 Å². The van der Waals surface area contributed by atoms with Crippen LogP contribution in [-0.4, -0.2) is 45.5 Å². The fourth-order valence-corrected chi connectivity index (χ4v) is 5.62. The lowest BCUT2D eigenvalue weighted by Gasteiger charge is -2.30. The molecule has 1 N–H and O–H groups in total. The lowest BCUT2D eigenvalue weighted by molar-refractivity contribution is -0.126. The summed E-state index contributed by atoms with van der Waals surface area (Å²) in [6, 6.07) is 23.4. The molecule has 4 aromatic rings. The van der Waals surface area contributed by atoms with Gasteiger partial charge in [-0.15, -0.1) is 0 Å². The third-order valence-corrected chi connectivity index (χ3v) is 7.99. The number of likely N-dealkylation sites (tertiary alicyclic amines) is 1. The summed E-state index contributed by atoms with van der Waals surface area (Å²) in [7, 11) is 0. The van der Waals surface area contributed by atoms with Gasteiger partial charge in [0.25, 0.3) is 0 Å². The maximum atomic E-state index is 13.2. The van der Waals surface area contributed by atoms with E-state index in [1.54, 1.807) is 12.1 Å². The van der Waals surface area contributed by atoms with Crippen molar-refractivity contribution in [3.05, 3.63) is 107 Å². The number of nitrogens with one attached hydrogen (secondary N) is 1. The van der Waals surface area contributed by atoms with Crippen molar-refractivity contribution >= 4 is 5.91 Å². The first kappa shape index (κ1) is 26.3. The molecule has 7 nitrogen and oxygen atoms in total. The van der Waals surface area contributed by atoms with Gasteiger partial charge in [0.1, 0.15) is 5.82 Å². The lowest BCUT2D eigenvalue weighted by atomic mass is 9.96. The number of carbonyl (C=O) groups excluding carboxylic acids is 1. The zero-order chi connectivity index (χ0) is 27.3. The molecule has 1 saturated heterocycles. The summed E-state index contributed by atoms with van der Waals surface area (Å²) >= 11 is 0. The molecule has 3 aromatic carbocycles. The van der Waals surface area contributed by atoms with E-state index in [-0.39, 0.29) is 17.6 Å². The highest BCUT2D eigenvalue weighted by Gasteiger charge is 2.26. The first-order valence-electron chi connectivity index (χ1n) is 14.0. The number of benzene rings is 3. The highest BCUT2D eigenvalue weighted by molar-refractivity contribution is 5.78. The van der Waals surface area contributed by atoms with E-state index in [1.165, 1.54) is 28.8 Å². The second kappa shape index (κ2) is 12.1. The van der Waals surface area contributed by atoms with Crippen LogP contribution in [0.4, 0.5) is 4.39 Å². The van der Waals surface area contributed by atoms with E-state index in [9.17, 15) is 9.18 Å². The van der Waals surface area contributed by atoms with Crippen LogP contribution >= 0.6 is 0 Å². The summed E-state index contributed by atoms with van der Waals surface area (Å²) in [6.07, 6.45) is 2.69. The van der Waals surface area contributed by atoms with Crippen molar-refractivity contribution in [2.75, 3.05) is 19.6 Å². The van der Waals surface area contributed by atoms with E-state index in [0.717, 1.165) is 63.1 Å². The van der Waals surface area contributed by atoms with Crippen LogP contribution in [0.25, 0.3) is 11.4 Å². The molecule has 0 spiro atoms. The first-order valence-corrected chi connectivity index (χ1v) is 14.0. The van der Waals surface area contributed by atoms with Crippen molar-refractivity contribution in [3.8, 4) is 11.4 Å². The number of hydrogen-bond acceptors (Lipinski definition) is 6. The minimum Gasteiger partial charge on any atom is -0.352 e. The topological polar surface area (TPSA) is 74.5 Å². The fourth-order valence-electron chi connectivity index (χ4n) is 5.62. The molecule has 0 radical (unpaired) electrons. The molecule has 8 heteroatoms. The van der Waals surface area contributed by atoms with Crippen molar-refractivity contribution in [2.45, 2.75) is 45.4 Å². The number of halogens is 1. The Kier molecular flexibility index (Phi) is 7.97. The van der Waals surface area contributed by atoms with E-state index in [2.05, 4.69) is 73.8 Å². The van der Waals surface area contributed by atoms with E-state index >= 15 is 0 Å². The Hall–Kier alpha value is -3.88. The largest absolute Gasteiger partial charge is 0.352 e. The molecule has 1 amide bonds. The molecule has 206 valence electrons. The number of hydrogen-bond donors (Lipinski definition) is 1. The van der Waals surface area contributed by atoms with Crippen LogP contribution in [0, 0.1) is 11.7 Å². The zero-order valence-electron chi connectivity index (χ0n) is 22.6. The van der Waals surface area contributed by atoms with Crippen LogP contribution in [0.5, 0.6) is 0 Å². The van der Waals surface area contributed by atoms with Gasteiger partial charge in [-0.1, -0.05) is 53.7 Å². The van der Waals surface area contributed by atoms with Gasteiger partial charge in [-0.05, 0) is 78.9 Å². The van der Waals surface area contributed by atoms with Crippen LogP contribution in [0.3, 0.4) is 0 Å². The fraction of sp³-hybridized carbons (Fsp3) is 0.344. The van der Waals surface area contributed by atoms with Crippen LogP contribution < -0.4 is 5.32 Å². The highest BCUT2D eigenvalue weighted by Crippen LogP contribution is 2.22. The number of rotatable bonds is 8. The smallest absolute Gasteiger partial charge is 0.241 e. The Morgan fingerprint density at radius 3 is 2.38 bits per heavy atom. The quantitative estimate of drug-likeness (QED) is 0.341. The molecule has 0 unspecified atom stereocenters. The van der Waals surface area contributed by atoms with E-state index < -0.39 is 0 Å². The number of piperidine rings is 1. The second-order valence-electron chi connectivity index (χ2n) is 10.8. The number of amides is 1.